The number of benzene rings is 1. The van der Waals surface area contributed by atoms with Crippen molar-refractivity contribution < 1.29 is 29.0 Å². The van der Waals surface area contributed by atoms with E-state index in [-0.39, 0.29) is 5.46 Å². The van der Waals surface area contributed by atoms with E-state index in [0.29, 0.717) is 30.3 Å². The molecule has 0 amide bonds. The average Bonchev–Trinajstić information content (AvgIpc) is 2.90. The zero-order valence-electron chi connectivity index (χ0n) is 10.3. The van der Waals surface area contributed by atoms with Crippen molar-refractivity contribution in [3.63, 3.8) is 0 Å². The van der Waals surface area contributed by atoms with Gasteiger partial charge >= 0.3 is 7.12 Å². The summed E-state index contributed by atoms with van der Waals surface area (Å²) in [7, 11) is 1.22. The molecule has 0 radical (unpaired) electrons. The summed E-state index contributed by atoms with van der Waals surface area (Å²) in [6.07, 6.45) is -0.474. The van der Waals surface area contributed by atoms with Crippen LogP contribution in [0.15, 0.2) is 12.1 Å². The van der Waals surface area contributed by atoms with Crippen molar-refractivity contribution in [2.24, 2.45) is 0 Å². The van der Waals surface area contributed by atoms with Crippen LogP contribution in [-0.4, -0.2) is 44.6 Å². The topological polar surface area (TPSA) is 77.4 Å². The van der Waals surface area contributed by atoms with Gasteiger partial charge in [-0.25, -0.2) is 0 Å². The van der Waals surface area contributed by atoms with Gasteiger partial charge in [0.25, 0.3) is 0 Å². The molecule has 18 heavy (non-hydrogen) atoms. The van der Waals surface area contributed by atoms with Gasteiger partial charge in [0, 0.05) is 5.56 Å². The van der Waals surface area contributed by atoms with E-state index in [9.17, 15) is 10.0 Å². The van der Waals surface area contributed by atoms with Gasteiger partial charge in [-0.2, -0.15) is 0 Å². The SMILES string of the molecule is COc1cc(C2OCCO2)cc(OC)c1B(O)O. The number of hydrogen-bond acceptors (Lipinski definition) is 6. The normalized spacial score (nSPS) is 15.8. The highest BCUT2D eigenvalue weighted by atomic mass is 16.7. The fourth-order valence-electron chi connectivity index (χ4n) is 1.90. The van der Waals surface area contributed by atoms with Crippen LogP contribution in [0, 0.1) is 0 Å². The van der Waals surface area contributed by atoms with Crippen LogP contribution in [0.1, 0.15) is 11.9 Å². The Bertz CT molecular complexity index is 391. The second-order valence-electron chi connectivity index (χ2n) is 3.79. The molecule has 0 aliphatic carbocycles. The largest absolute Gasteiger partial charge is 0.497 e. The molecule has 7 heteroatoms. The number of ether oxygens (including phenoxy) is 4. The van der Waals surface area contributed by atoms with Gasteiger partial charge in [-0.15, -0.1) is 0 Å². The van der Waals surface area contributed by atoms with Crippen molar-refractivity contribution in [1.82, 2.24) is 0 Å². The van der Waals surface area contributed by atoms with E-state index in [0.717, 1.165) is 0 Å². The van der Waals surface area contributed by atoms with E-state index < -0.39 is 13.4 Å². The maximum Gasteiger partial charge on any atom is 0.496 e. The summed E-state index contributed by atoms with van der Waals surface area (Å²) in [4.78, 5) is 0. The third kappa shape index (κ3) is 2.44. The third-order valence-electron chi connectivity index (χ3n) is 2.72. The van der Waals surface area contributed by atoms with E-state index in [1.807, 2.05) is 0 Å². The van der Waals surface area contributed by atoms with Gasteiger partial charge in [-0.05, 0) is 12.1 Å². The first-order valence-electron chi connectivity index (χ1n) is 5.52. The predicted octanol–water partition coefficient (Wildman–Crippen LogP) is -0.571. The Hall–Kier alpha value is -1.28. The van der Waals surface area contributed by atoms with Gasteiger partial charge in [0.1, 0.15) is 11.5 Å². The molecule has 1 aliphatic heterocycles. The van der Waals surface area contributed by atoms with E-state index in [1.54, 1.807) is 12.1 Å². The molecular weight excluding hydrogens is 239 g/mol. The monoisotopic (exact) mass is 254 g/mol. The van der Waals surface area contributed by atoms with Crippen molar-refractivity contribution in [2.45, 2.75) is 6.29 Å². The Morgan fingerprint density at radius 3 is 2.00 bits per heavy atom. The number of rotatable bonds is 4. The molecule has 2 N–H and O–H groups in total. The number of hydrogen-bond donors (Lipinski definition) is 2. The fourth-order valence-corrected chi connectivity index (χ4v) is 1.90. The molecule has 1 saturated heterocycles. The Labute approximate surface area is 105 Å². The third-order valence-corrected chi connectivity index (χ3v) is 2.72. The van der Waals surface area contributed by atoms with Crippen LogP contribution >= 0.6 is 0 Å². The summed E-state index contributed by atoms with van der Waals surface area (Å²) < 4.78 is 21.0. The lowest BCUT2D eigenvalue weighted by Crippen LogP contribution is -2.33. The highest BCUT2D eigenvalue weighted by molar-refractivity contribution is 6.61. The van der Waals surface area contributed by atoms with Gasteiger partial charge < -0.3 is 29.0 Å². The summed E-state index contributed by atoms with van der Waals surface area (Å²) in [5.41, 5.74) is 0.896. The summed E-state index contributed by atoms with van der Waals surface area (Å²) in [6, 6.07) is 3.29. The maximum atomic E-state index is 9.34. The average molecular weight is 254 g/mol. The van der Waals surface area contributed by atoms with Gasteiger partial charge in [0.2, 0.25) is 0 Å². The predicted molar refractivity (Wildman–Crippen MR) is 64.0 cm³/mol. The molecular formula is C11H15BO6. The Kier molecular flexibility index (Phi) is 4.08. The van der Waals surface area contributed by atoms with Crippen molar-refractivity contribution in [3.8, 4) is 11.5 Å². The summed E-state index contributed by atoms with van der Waals surface area (Å²) in [6.45, 7) is 1.05. The van der Waals surface area contributed by atoms with Gasteiger partial charge in [0.15, 0.2) is 6.29 Å². The zero-order chi connectivity index (χ0) is 13.1. The fraction of sp³-hybridized carbons (Fsp3) is 0.455. The quantitative estimate of drug-likeness (QED) is 0.700. The maximum absolute atomic E-state index is 9.34. The minimum absolute atomic E-state index is 0.182. The molecule has 1 heterocycles. The molecule has 0 bridgehead atoms. The standard InChI is InChI=1S/C11H15BO6/c1-15-8-5-7(11-17-3-4-18-11)6-9(16-2)10(8)12(13)14/h5-6,11,13-14H,3-4H2,1-2H3. The minimum Gasteiger partial charge on any atom is -0.497 e. The molecule has 1 aromatic carbocycles. The minimum atomic E-state index is -1.67. The molecule has 1 fully saturated rings. The van der Waals surface area contributed by atoms with Crippen LogP contribution in [0.2, 0.25) is 0 Å². The summed E-state index contributed by atoms with van der Waals surface area (Å²) in [5.74, 6) is 0.636. The molecule has 1 aromatic rings. The molecule has 0 atom stereocenters. The molecule has 2 rings (SSSR count). The second-order valence-corrected chi connectivity index (χ2v) is 3.79. The second kappa shape index (κ2) is 5.58. The van der Waals surface area contributed by atoms with E-state index in [1.165, 1.54) is 14.2 Å². The highest BCUT2D eigenvalue weighted by Crippen LogP contribution is 2.29. The van der Waals surface area contributed by atoms with Gasteiger partial charge in [0.05, 0.1) is 32.9 Å². The van der Waals surface area contributed by atoms with Crippen molar-refractivity contribution in [2.75, 3.05) is 27.4 Å². The van der Waals surface area contributed by atoms with Crippen LogP contribution in [0.4, 0.5) is 0 Å². The van der Waals surface area contributed by atoms with Crippen LogP contribution in [0.3, 0.4) is 0 Å². The zero-order valence-corrected chi connectivity index (χ0v) is 10.3. The smallest absolute Gasteiger partial charge is 0.496 e. The number of methoxy groups -OCH3 is 2. The molecule has 1 aliphatic rings. The highest BCUT2D eigenvalue weighted by Gasteiger charge is 2.27. The van der Waals surface area contributed by atoms with Crippen LogP contribution in [0.5, 0.6) is 11.5 Å². The lowest BCUT2D eigenvalue weighted by Gasteiger charge is -2.17. The molecule has 0 saturated carbocycles. The van der Waals surface area contributed by atoms with Gasteiger partial charge in [-0.3, -0.25) is 0 Å². The molecule has 6 nitrogen and oxygen atoms in total. The lowest BCUT2D eigenvalue weighted by atomic mass is 9.78. The Balaban J connectivity index is 2.44. The van der Waals surface area contributed by atoms with Crippen molar-refractivity contribution in [1.29, 1.82) is 0 Å². The molecule has 0 unspecified atom stereocenters. The lowest BCUT2D eigenvalue weighted by molar-refractivity contribution is -0.0443. The first kappa shape index (κ1) is 13.2. The first-order chi connectivity index (χ1) is 8.67. The molecule has 0 spiro atoms. The van der Waals surface area contributed by atoms with Gasteiger partial charge in [-0.1, -0.05) is 0 Å². The Morgan fingerprint density at radius 2 is 1.61 bits per heavy atom. The molecule has 0 aromatic heterocycles. The van der Waals surface area contributed by atoms with E-state index in [2.05, 4.69) is 0 Å². The summed E-state index contributed by atoms with van der Waals surface area (Å²) >= 11 is 0. The van der Waals surface area contributed by atoms with Crippen LogP contribution in [-0.2, 0) is 9.47 Å². The van der Waals surface area contributed by atoms with Crippen molar-refractivity contribution in [3.05, 3.63) is 17.7 Å². The van der Waals surface area contributed by atoms with E-state index >= 15 is 0 Å². The van der Waals surface area contributed by atoms with Crippen molar-refractivity contribution >= 4 is 12.6 Å². The van der Waals surface area contributed by atoms with Crippen LogP contribution < -0.4 is 14.9 Å². The Morgan fingerprint density at radius 1 is 1.11 bits per heavy atom. The summed E-state index contributed by atoms with van der Waals surface area (Å²) in [5, 5.41) is 18.7. The van der Waals surface area contributed by atoms with E-state index in [4.69, 9.17) is 18.9 Å². The first-order valence-corrected chi connectivity index (χ1v) is 5.52. The van der Waals surface area contributed by atoms with Crippen LogP contribution in [0.25, 0.3) is 0 Å². The molecule has 98 valence electrons.